The van der Waals surface area contributed by atoms with Gasteiger partial charge < -0.3 is 9.47 Å². The van der Waals surface area contributed by atoms with Crippen LogP contribution in [0.2, 0.25) is 5.02 Å². The maximum atomic E-state index is 12.4. The third-order valence-electron chi connectivity index (χ3n) is 3.83. The molecule has 2 aromatic carbocycles. The number of halogens is 1. The molecule has 0 saturated heterocycles. The minimum atomic E-state index is -0.579. The second-order valence-corrected chi connectivity index (χ2v) is 7.05. The van der Waals surface area contributed by atoms with Crippen LogP contribution in [0, 0.1) is 6.92 Å². The molecule has 3 aromatic rings. The van der Waals surface area contributed by atoms with Crippen molar-refractivity contribution in [1.29, 1.82) is 0 Å². The van der Waals surface area contributed by atoms with E-state index in [4.69, 9.17) is 21.1 Å². The first-order valence-corrected chi connectivity index (χ1v) is 9.25. The Balaban J connectivity index is 1.71. The largest absolute Gasteiger partial charge is 0.497 e. The number of hydrogen-bond donors (Lipinski definition) is 0. The number of carbonyl (C=O) groups excluding carboxylic acids is 2. The Morgan fingerprint density at radius 2 is 1.81 bits per heavy atom. The van der Waals surface area contributed by atoms with Crippen LogP contribution in [-0.2, 0) is 4.74 Å². The SMILES string of the molecule is COc1ccc(-c2nc(C)c(C(=O)OCC(=O)c3ccccc3Cl)s2)cc1. The number of Topliss-reactive ketones (excluding diaryl/α,β-unsaturated/α-hetero) is 1. The second kappa shape index (κ2) is 8.33. The highest BCUT2D eigenvalue weighted by atomic mass is 35.5. The van der Waals surface area contributed by atoms with Gasteiger partial charge in [-0.3, -0.25) is 4.79 Å². The molecule has 0 atom stereocenters. The Hall–Kier alpha value is -2.70. The minimum Gasteiger partial charge on any atom is -0.497 e. The first kappa shape index (κ1) is 19.1. The summed E-state index contributed by atoms with van der Waals surface area (Å²) in [6.07, 6.45) is 0. The molecule has 0 aliphatic carbocycles. The zero-order valence-corrected chi connectivity index (χ0v) is 16.3. The highest BCUT2D eigenvalue weighted by molar-refractivity contribution is 7.17. The van der Waals surface area contributed by atoms with Crippen molar-refractivity contribution in [3.8, 4) is 16.3 Å². The van der Waals surface area contributed by atoms with E-state index in [2.05, 4.69) is 4.98 Å². The van der Waals surface area contributed by atoms with Crippen molar-refractivity contribution in [3.05, 3.63) is 69.7 Å². The van der Waals surface area contributed by atoms with Crippen LogP contribution in [0.3, 0.4) is 0 Å². The summed E-state index contributed by atoms with van der Waals surface area (Å²) < 4.78 is 10.3. The average Bonchev–Trinajstić information content (AvgIpc) is 3.08. The Bertz CT molecular complexity index is 982. The van der Waals surface area contributed by atoms with E-state index in [1.807, 2.05) is 24.3 Å². The first-order valence-electron chi connectivity index (χ1n) is 8.06. The molecule has 138 valence electrons. The van der Waals surface area contributed by atoms with Crippen LogP contribution in [0.5, 0.6) is 5.75 Å². The molecule has 0 unspecified atom stereocenters. The summed E-state index contributed by atoms with van der Waals surface area (Å²) in [7, 11) is 1.60. The number of aromatic nitrogens is 1. The second-order valence-electron chi connectivity index (χ2n) is 5.64. The Morgan fingerprint density at radius 3 is 2.48 bits per heavy atom. The fourth-order valence-corrected chi connectivity index (χ4v) is 3.61. The number of carbonyl (C=O) groups is 2. The van der Waals surface area contributed by atoms with E-state index < -0.39 is 5.97 Å². The molecule has 0 spiro atoms. The maximum absolute atomic E-state index is 12.4. The number of ketones is 1. The average molecular weight is 402 g/mol. The van der Waals surface area contributed by atoms with Crippen LogP contribution in [0.25, 0.3) is 10.6 Å². The van der Waals surface area contributed by atoms with Gasteiger partial charge in [0.15, 0.2) is 6.61 Å². The predicted molar refractivity (Wildman–Crippen MR) is 105 cm³/mol. The summed E-state index contributed by atoms with van der Waals surface area (Å²) in [6.45, 7) is 1.35. The molecule has 1 aromatic heterocycles. The normalized spacial score (nSPS) is 10.5. The number of hydrogen-bond acceptors (Lipinski definition) is 6. The number of nitrogens with zero attached hydrogens (tertiary/aromatic N) is 1. The van der Waals surface area contributed by atoms with Gasteiger partial charge in [-0.15, -0.1) is 11.3 Å². The number of esters is 1. The lowest BCUT2D eigenvalue weighted by atomic mass is 10.1. The van der Waals surface area contributed by atoms with Gasteiger partial charge >= 0.3 is 5.97 Å². The van der Waals surface area contributed by atoms with Crippen LogP contribution in [0.1, 0.15) is 25.7 Å². The van der Waals surface area contributed by atoms with Gasteiger partial charge in [-0.05, 0) is 43.3 Å². The molecule has 0 saturated carbocycles. The van der Waals surface area contributed by atoms with Gasteiger partial charge in [-0.1, -0.05) is 23.7 Å². The molecule has 5 nitrogen and oxygen atoms in total. The molecule has 0 fully saturated rings. The highest BCUT2D eigenvalue weighted by Gasteiger charge is 2.19. The number of benzene rings is 2. The maximum Gasteiger partial charge on any atom is 0.350 e. The van der Waals surface area contributed by atoms with E-state index in [0.29, 0.717) is 26.2 Å². The van der Waals surface area contributed by atoms with Gasteiger partial charge in [-0.25, -0.2) is 9.78 Å². The number of aryl methyl sites for hydroxylation is 1. The third-order valence-corrected chi connectivity index (χ3v) is 5.34. The van der Waals surface area contributed by atoms with E-state index in [1.54, 1.807) is 38.3 Å². The van der Waals surface area contributed by atoms with E-state index >= 15 is 0 Å². The quantitative estimate of drug-likeness (QED) is 0.437. The van der Waals surface area contributed by atoms with Crippen LogP contribution < -0.4 is 4.74 Å². The van der Waals surface area contributed by atoms with Gasteiger partial charge in [0, 0.05) is 11.1 Å². The van der Waals surface area contributed by atoms with Crippen LogP contribution in [0.4, 0.5) is 0 Å². The van der Waals surface area contributed by atoms with Gasteiger partial charge in [0.25, 0.3) is 0 Å². The molecule has 27 heavy (non-hydrogen) atoms. The summed E-state index contributed by atoms with van der Waals surface area (Å²) in [5.74, 6) is -0.193. The third kappa shape index (κ3) is 4.35. The molecule has 1 heterocycles. The Morgan fingerprint density at radius 1 is 1.11 bits per heavy atom. The van der Waals surface area contributed by atoms with Crippen molar-refractivity contribution < 1.29 is 19.1 Å². The van der Waals surface area contributed by atoms with E-state index in [0.717, 1.165) is 11.3 Å². The number of thiazole rings is 1. The minimum absolute atomic E-state index is 0.326. The van der Waals surface area contributed by atoms with Crippen molar-refractivity contribution in [2.24, 2.45) is 0 Å². The fourth-order valence-electron chi connectivity index (χ4n) is 2.40. The molecule has 0 bridgehead atoms. The molecule has 3 rings (SSSR count). The van der Waals surface area contributed by atoms with Crippen molar-refractivity contribution in [2.75, 3.05) is 13.7 Å². The lowest BCUT2D eigenvalue weighted by molar-refractivity contribution is 0.0478. The molecular formula is C20H16ClNO4S. The number of methoxy groups -OCH3 is 1. The van der Waals surface area contributed by atoms with Crippen molar-refractivity contribution in [2.45, 2.75) is 6.92 Å². The molecule has 0 aliphatic rings. The zero-order valence-electron chi connectivity index (χ0n) is 14.7. The molecular weight excluding hydrogens is 386 g/mol. The summed E-state index contributed by atoms with van der Waals surface area (Å²) >= 11 is 7.21. The summed E-state index contributed by atoms with van der Waals surface area (Å²) in [6, 6.07) is 14.0. The fraction of sp³-hybridized carbons (Fsp3) is 0.150. The molecule has 0 aliphatic heterocycles. The Kier molecular flexibility index (Phi) is 5.88. The summed E-state index contributed by atoms with van der Waals surface area (Å²) in [5.41, 5.74) is 1.75. The lowest BCUT2D eigenvalue weighted by Gasteiger charge is -2.04. The number of ether oxygens (including phenoxy) is 2. The van der Waals surface area contributed by atoms with Crippen molar-refractivity contribution in [1.82, 2.24) is 4.98 Å². The molecule has 0 N–H and O–H groups in total. The van der Waals surface area contributed by atoms with E-state index in [-0.39, 0.29) is 12.4 Å². The Labute approximate surface area is 165 Å². The highest BCUT2D eigenvalue weighted by Crippen LogP contribution is 2.29. The van der Waals surface area contributed by atoms with Gasteiger partial charge in [0.2, 0.25) is 5.78 Å². The number of rotatable bonds is 6. The standard InChI is InChI=1S/C20H16ClNO4S/c1-12-18(27-19(22-12)13-7-9-14(25-2)10-8-13)20(24)26-11-17(23)15-5-3-4-6-16(15)21/h3-10H,11H2,1-2H3. The van der Waals surface area contributed by atoms with Crippen molar-refractivity contribution in [3.63, 3.8) is 0 Å². The topological polar surface area (TPSA) is 65.5 Å². The zero-order chi connectivity index (χ0) is 19.4. The molecule has 7 heteroatoms. The van der Waals surface area contributed by atoms with Crippen molar-refractivity contribution >= 4 is 34.7 Å². The lowest BCUT2D eigenvalue weighted by Crippen LogP contribution is -2.14. The monoisotopic (exact) mass is 401 g/mol. The van der Waals surface area contributed by atoms with Crippen LogP contribution >= 0.6 is 22.9 Å². The predicted octanol–water partition coefficient (Wildman–Crippen LogP) is 4.82. The van der Waals surface area contributed by atoms with Gasteiger partial charge in [0.1, 0.15) is 15.6 Å². The van der Waals surface area contributed by atoms with Crippen LogP contribution in [0.15, 0.2) is 48.5 Å². The van der Waals surface area contributed by atoms with Crippen LogP contribution in [-0.4, -0.2) is 30.5 Å². The van der Waals surface area contributed by atoms with Gasteiger partial charge in [-0.2, -0.15) is 0 Å². The summed E-state index contributed by atoms with van der Waals surface area (Å²) in [4.78, 5) is 29.4. The molecule has 0 amide bonds. The first-order chi connectivity index (χ1) is 13.0. The smallest absolute Gasteiger partial charge is 0.350 e. The molecule has 0 radical (unpaired) electrons. The van der Waals surface area contributed by atoms with E-state index in [9.17, 15) is 9.59 Å². The van der Waals surface area contributed by atoms with E-state index in [1.165, 1.54) is 11.3 Å². The summed E-state index contributed by atoms with van der Waals surface area (Å²) in [5, 5.41) is 1.02. The van der Waals surface area contributed by atoms with Gasteiger partial charge in [0.05, 0.1) is 17.8 Å².